The molecule has 29 heavy (non-hydrogen) atoms. The minimum absolute atomic E-state index is 0.0787. The van der Waals surface area contributed by atoms with Crippen LogP contribution in [0.5, 0.6) is 5.75 Å². The molecule has 0 bridgehead atoms. The van der Waals surface area contributed by atoms with Crippen LogP contribution in [0.3, 0.4) is 0 Å². The number of aromatic nitrogens is 2. The van der Waals surface area contributed by atoms with Crippen LogP contribution in [0.2, 0.25) is 10.0 Å². The van der Waals surface area contributed by atoms with Crippen molar-refractivity contribution in [2.75, 3.05) is 23.3 Å². The molecule has 1 N–H and O–H groups in total. The Balaban J connectivity index is 1.60. The van der Waals surface area contributed by atoms with Gasteiger partial charge >= 0.3 is 0 Å². The molecule has 3 rings (SSSR count). The molecule has 6 nitrogen and oxygen atoms in total. The molecule has 0 saturated heterocycles. The van der Waals surface area contributed by atoms with E-state index in [1.165, 1.54) is 4.68 Å². The third-order valence-corrected chi connectivity index (χ3v) is 4.98. The average molecular weight is 433 g/mol. The second kappa shape index (κ2) is 9.67. The van der Waals surface area contributed by atoms with E-state index < -0.39 is 0 Å². The van der Waals surface area contributed by atoms with Crippen molar-refractivity contribution in [1.29, 1.82) is 0 Å². The van der Waals surface area contributed by atoms with Gasteiger partial charge in [-0.2, -0.15) is 5.10 Å². The highest BCUT2D eigenvalue weighted by Crippen LogP contribution is 2.32. The Kier molecular flexibility index (Phi) is 7.01. The van der Waals surface area contributed by atoms with E-state index in [9.17, 15) is 4.79 Å². The topological polar surface area (TPSA) is 59.4 Å². The van der Waals surface area contributed by atoms with Crippen molar-refractivity contribution in [2.45, 2.75) is 20.6 Å². The molecular weight excluding hydrogens is 411 g/mol. The molecule has 1 heterocycles. The molecule has 0 aliphatic rings. The molecule has 0 aliphatic carbocycles. The molecule has 0 radical (unpaired) electrons. The van der Waals surface area contributed by atoms with Crippen molar-refractivity contribution in [3.8, 4) is 5.75 Å². The lowest BCUT2D eigenvalue weighted by atomic mass is 10.2. The maximum absolute atomic E-state index is 12.5. The van der Waals surface area contributed by atoms with Gasteiger partial charge in [-0.3, -0.25) is 4.79 Å². The highest BCUT2D eigenvalue weighted by molar-refractivity contribution is 6.37. The van der Waals surface area contributed by atoms with Crippen LogP contribution in [0.15, 0.2) is 54.7 Å². The third-order valence-electron chi connectivity index (χ3n) is 4.39. The Morgan fingerprint density at radius 1 is 1.07 bits per heavy atom. The summed E-state index contributed by atoms with van der Waals surface area (Å²) in [6.07, 6.45) is 1.66. The van der Waals surface area contributed by atoms with Crippen molar-refractivity contribution in [1.82, 2.24) is 9.78 Å². The zero-order chi connectivity index (χ0) is 20.8. The summed E-state index contributed by atoms with van der Waals surface area (Å²) >= 11 is 12.2. The molecule has 0 fully saturated rings. The lowest BCUT2D eigenvalue weighted by molar-refractivity contribution is 0.102. The molecule has 1 aromatic heterocycles. The Morgan fingerprint density at radius 3 is 2.34 bits per heavy atom. The minimum Gasteiger partial charge on any atom is -0.468 e. The fraction of sp³-hybridized carbons (Fsp3) is 0.238. The summed E-state index contributed by atoms with van der Waals surface area (Å²) in [4.78, 5) is 14.7. The second-order valence-corrected chi connectivity index (χ2v) is 7.05. The normalized spacial score (nSPS) is 10.6. The van der Waals surface area contributed by atoms with Crippen molar-refractivity contribution in [2.24, 2.45) is 0 Å². The largest absolute Gasteiger partial charge is 0.468 e. The zero-order valence-corrected chi connectivity index (χ0v) is 17.7. The number of carbonyl (C=O) groups excluding carboxylic acids is 1. The number of nitrogens with one attached hydrogen (secondary N) is 1. The summed E-state index contributed by atoms with van der Waals surface area (Å²) in [6, 6.07) is 14.5. The molecule has 0 unspecified atom stereocenters. The van der Waals surface area contributed by atoms with Gasteiger partial charge in [-0.15, -0.1) is 0 Å². The summed E-state index contributed by atoms with van der Waals surface area (Å²) in [6.45, 7) is 6.16. The van der Waals surface area contributed by atoms with E-state index in [1.807, 2.05) is 24.3 Å². The molecule has 152 valence electrons. The number of anilines is 2. The highest BCUT2D eigenvalue weighted by atomic mass is 35.5. The lowest BCUT2D eigenvalue weighted by Gasteiger charge is -2.21. The molecule has 0 aliphatic heterocycles. The number of hydrogen-bond acceptors (Lipinski definition) is 4. The molecule has 3 aromatic rings. The second-order valence-electron chi connectivity index (χ2n) is 6.24. The molecule has 0 spiro atoms. The predicted octanol–water partition coefficient (Wildman–Crippen LogP) is 5.32. The first-order valence-electron chi connectivity index (χ1n) is 9.28. The van der Waals surface area contributed by atoms with Crippen LogP contribution in [0.4, 0.5) is 11.4 Å². The molecule has 1 amide bonds. The van der Waals surface area contributed by atoms with Gasteiger partial charge in [0.2, 0.25) is 0 Å². The quantitative estimate of drug-likeness (QED) is 0.522. The first-order chi connectivity index (χ1) is 14.0. The van der Waals surface area contributed by atoms with Crippen molar-refractivity contribution >= 4 is 40.5 Å². The van der Waals surface area contributed by atoms with E-state index in [1.54, 1.807) is 30.5 Å². The molecule has 2 aromatic carbocycles. The fourth-order valence-corrected chi connectivity index (χ4v) is 3.35. The van der Waals surface area contributed by atoms with Crippen molar-refractivity contribution < 1.29 is 9.53 Å². The summed E-state index contributed by atoms with van der Waals surface area (Å²) < 4.78 is 7.12. The van der Waals surface area contributed by atoms with E-state index >= 15 is 0 Å². The number of halogens is 2. The average Bonchev–Trinajstić information content (AvgIpc) is 3.19. The Morgan fingerprint density at radius 2 is 1.72 bits per heavy atom. The van der Waals surface area contributed by atoms with Crippen molar-refractivity contribution in [3.63, 3.8) is 0 Å². The highest BCUT2D eigenvalue weighted by Gasteiger charge is 2.12. The number of nitrogens with zero attached hydrogens (tertiary/aromatic N) is 3. The molecule has 0 saturated carbocycles. The number of hydrogen-bond donors (Lipinski definition) is 1. The number of para-hydroxylation sites is 1. The van der Waals surface area contributed by atoms with Crippen LogP contribution >= 0.6 is 23.2 Å². The van der Waals surface area contributed by atoms with Gasteiger partial charge in [-0.25, -0.2) is 4.68 Å². The maximum Gasteiger partial charge on any atom is 0.276 e. The molecular formula is C21H22Cl2N4O2. The Bertz CT molecular complexity index is 949. The van der Waals surface area contributed by atoms with E-state index in [0.717, 1.165) is 18.8 Å². The van der Waals surface area contributed by atoms with Gasteiger partial charge in [-0.1, -0.05) is 29.3 Å². The van der Waals surface area contributed by atoms with Crippen LogP contribution in [0, 0.1) is 0 Å². The third kappa shape index (κ3) is 5.22. The summed E-state index contributed by atoms with van der Waals surface area (Å²) in [5, 5.41) is 7.91. The van der Waals surface area contributed by atoms with Crippen LogP contribution in [0.25, 0.3) is 0 Å². The van der Waals surface area contributed by atoms with Gasteiger partial charge in [0.15, 0.2) is 18.2 Å². The minimum atomic E-state index is -0.296. The summed E-state index contributed by atoms with van der Waals surface area (Å²) in [5.41, 5.74) is 2.11. The van der Waals surface area contributed by atoms with Crippen LogP contribution < -0.4 is 15.0 Å². The summed E-state index contributed by atoms with van der Waals surface area (Å²) in [7, 11) is 0. The number of ether oxygens (including phenoxy) is 1. The monoisotopic (exact) mass is 432 g/mol. The van der Waals surface area contributed by atoms with Crippen molar-refractivity contribution in [3.05, 3.63) is 70.5 Å². The Hall–Kier alpha value is -2.70. The number of benzene rings is 2. The molecule has 8 heteroatoms. The lowest BCUT2D eigenvalue weighted by Crippen LogP contribution is -2.21. The van der Waals surface area contributed by atoms with E-state index in [0.29, 0.717) is 21.5 Å². The van der Waals surface area contributed by atoms with Crippen LogP contribution in [-0.2, 0) is 6.73 Å². The predicted molar refractivity (Wildman–Crippen MR) is 117 cm³/mol. The van der Waals surface area contributed by atoms with E-state index in [2.05, 4.69) is 29.2 Å². The van der Waals surface area contributed by atoms with Gasteiger partial charge in [0.25, 0.3) is 5.91 Å². The smallest absolute Gasteiger partial charge is 0.276 e. The SMILES string of the molecule is CCN(CC)c1ccc(NC(=O)c2ccn(COc3c(Cl)cccc3Cl)n2)cc1. The van der Waals surface area contributed by atoms with Crippen LogP contribution in [0.1, 0.15) is 24.3 Å². The van der Waals surface area contributed by atoms with Gasteiger partial charge in [-0.05, 0) is 56.3 Å². The van der Waals surface area contributed by atoms with Gasteiger partial charge < -0.3 is 15.0 Å². The summed E-state index contributed by atoms with van der Waals surface area (Å²) in [5.74, 6) is 0.0840. The first kappa shape index (κ1) is 21.0. The molecule has 0 atom stereocenters. The number of carbonyl (C=O) groups is 1. The Labute approximate surface area is 180 Å². The van der Waals surface area contributed by atoms with Gasteiger partial charge in [0, 0.05) is 30.7 Å². The fourth-order valence-electron chi connectivity index (χ4n) is 2.85. The van der Waals surface area contributed by atoms with E-state index in [-0.39, 0.29) is 18.3 Å². The maximum atomic E-state index is 12.5. The standard InChI is InChI=1S/C21H22Cl2N4O2/c1-3-26(4-2)16-10-8-15(9-11-16)24-21(28)19-12-13-27(25-19)14-29-20-17(22)6-5-7-18(20)23/h5-13H,3-4,14H2,1-2H3,(H,24,28). The van der Waals surface area contributed by atoms with Gasteiger partial charge in [0.05, 0.1) is 10.0 Å². The first-order valence-corrected chi connectivity index (χ1v) is 10.0. The number of amides is 1. The number of rotatable bonds is 8. The zero-order valence-electron chi connectivity index (χ0n) is 16.2. The van der Waals surface area contributed by atoms with Gasteiger partial charge in [0.1, 0.15) is 0 Å². The van der Waals surface area contributed by atoms with E-state index in [4.69, 9.17) is 27.9 Å². The van der Waals surface area contributed by atoms with Crippen LogP contribution in [-0.4, -0.2) is 28.8 Å².